The lowest BCUT2D eigenvalue weighted by Gasteiger charge is -2.35. The molecule has 3 aliphatic rings. The summed E-state index contributed by atoms with van der Waals surface area (Å²) in [5.74, 6) is 0.285. The van der Waals surface area contributed by atoms with Gasteiger partial charge < -0.3 is 35.1 Å². The molecular weight excluding hydrogens is 418 g/mol. The van der Waals surface area contributed by atoms with Crippen LogP contribution in [0, 0.1) is 0 Å². The Bertz CT molecular complexity index is 1000. The Labute approximate surface area is 185 Å². The van der Waals surface area contributed by atoms with E-state index >= 15 is 0 Å². The van der Waals surface area contributed by atoms with E-state index in [1.165, 1.54) is 10.8 Å². The number of aromatic nitrogens is 3. The highest BCUT2D eigenvalue weighted by atomic mass is 16.7. The van der Waals surface area contributed by atoms with Gasteiger partial charge >= 0.3 is 6.16 Å². The molecule has 11 nitrogen and oxygen atoms in total. The molecule has 0 aliphatic carbocycles. The Morgan fingerprint density at radius 2 is 2.03 bits per heavy atom. The van der Waals surface area contributed by atoms with E-state index in [0.717, 1.165) is 25.7 Å². The van der Waals surface area contributed by atoms with Crippen LogP contribution < -0.4 is 5.73 Å². The largest absolute Gasteiger partial charge is 0.508 e. The molecule has 0 aromatic carbocycles. The fourth-order valence-corrected chi connectivity index (χ4v) is 5.43. The Kier molecular flexibility index (Phi) is 5.24. The average molecular weight is 447 g/mol. The fourth-order valence-electron chi connectivity index (χ4n) is 5.43. The zero-order chi connectivity index (χ0) is 22.6. The second-order valence-corrected chi connectivity index (χ2v) is 9.18. The molecule has 0 amide bonds. The van der Waals surface area contributed by atoms with Crippen LogP contribution >= 0.6 is 0 Å². The number of rotatable bonds is 4. The van der Waals surface area contributed by atoms with E-state index in [-0.39, 0.29) is 18.5 Å². The SMILES string of the molecule is CN1[C@@H]2CC[C@H]1CC(OC(=O)OC[C@H]1O[C@@](C)(c3ccc4c(N)ncnn34)[C@H](O)[C@@H]1O)C2. The molecule has 174 valence electrons. The van der Waals surface area contributed by atoms with Crippen molar-refractivity contribution in [3.05, 3.63) is 24.2 Å². The third-order valence-corrected chi connectivity index (χ3v) is 7.34. The smallest absolute Gasteiger partial charge is 0.431 e. The first-order valence-corrected chi connectivity index (χ1v) is 11.0. The third kappa shape index (κ3) is 3.40. The molecule has 2 aromatic rings. The van der Waals surface area contributed by atoms with Crippen molar-refractivity contribution in [1.29, 1.82) is 0 Å². The number of ether oxygens (including phenoxy) is 3. The summed E-state index contributed by atoms with van der Waals surface area (Å²) in [6, 6.07) is 4.31. The van der Waals surface area contributed by atoms with Gasteiger partial charge in [-0.25, -0.2) is 14.3 Å². The number of anilines is 1. The van der Waals surface area contributed by atoms with Crippen LogP contribution in [-0.2, 0) is 19.8 Å². The van der Waals surface area contributed by atoms with Crippen molar-refractivity contribution in [1.82, 2.24) is 19.5 Å². The molecule has 1 unspecified atom stereocenters. The van der Waals surface area contributed by atoms with Gasteiger partial charge in [-0.15, -0.1) is 0 Å². The van der Waals surface area contributed by atoms with Crippen LogP contribution in [0.4, 0.5) is 10.6 Å². The van der Waals surface area contributed by atoms with Gasteiger partial charge in [-0.2, -0.15) is 5.10 Å². The average Bonchev–Trinajstić information content (AvgIpc) is 3.35. The molecule has 5 rings (SSSR count). The number of aliphatic hydroxyl groups excluding tert-OH is 2. The van der Waals surface area contributed by atoms with Gasteiger partial charge in [-0.05, 0) is 38.9 Å². The number of carbonyl (C=O) groups is 1. The molecule has 11 heteroatoms. The molecule has 5 heterocycles. The topological polar surface area (TPSA) is 145 Å². The molecule has 0 radical (unpaired) electrons. The Hall–Kier alpha value is -2.47. The molecule has 3 fully saturated rings. The molecule has 0 saturated carbocycles. The number of nitrogens with zero attached hydrogens (tertiary/aromatic N) is 4. The molecule has 32 heavy (non-hydrogen) atoms. The highest BCUT2D eigenvalue weighted by Gasteiger charge is 2.54. The van der Waals surface area contributed by atoms with E-state index in [1.54, 1.807) is 19.1 Å². The fraction of sp³-hybridized carbons (Fsp3) is 0.667. The van der Waals surface area contributed by atoms with Crippen LogP contribution in [0.25, 0.3) is 5.52 Å². The van der Waals surface area contributed by atoms with E-state index in [9.17, 15) is 15.0 Å². The monoisotopic (exact) mass is 447 g/mol. The first-order chi connectivity index (χ1) is 15.3. The van der Waals surface area contributed by atoms with Gasteiger partial charge in [0.15, 0.2) is 5.82 Å². The quantitative estimate of drug-likeness (QED) is 0.564. The Balaban J connectivity index is 1.23. The highest BCUT2D eigenvalue weighted by Crippen LogP contribution is 2.40. The number of hydrogen-bond acceptors (Lipinski definition) is 10. The van der Waals surface area contributed by atoms with Gasteiger partial charge in [0.1, 0.15) is 48.5 Å². The molecule has 0 spiro atoms. The maximum atomic E-state index is 12.3. The van der Waals surface area contributed by atoms with Crippen molar-refractivity contribution in [2.24, 2.45) is 0 Å². The van der Waals surface area contributed by atoms with Crippen molar-refractivity contribution in [2.45, 2.75) is 74.7 Å². The summed E-state index contributed by atoms with van der Waals surface area (Å²) >= 11 is 0. The van der Waals surface area contributed by atoms with Crippen molar-refractivity contribution in [2.75, 3.05) is 19.4 Å². The standard InChI is InChI=1S/C21H29N5O6/c1-21(16-6-5-14-19(22)23-10-24-26(14)16)18(28)17(27)15(32-21)9-30-20(29)31-13-7-11-3-4-12(8-13)25(11)2/h5-6,10-13,15,17-18,27-28H,3-4,7-9H2,1-2H3,(H2,22,23,24)/t11-,12+,13?,15-,17-,18-,21+/m1/s1. The second kappa shape index (κ2) is 7.84. The number of aliphatic hydroxyl groups is 2. The molecule has 7 atom stereocenters. The lowest BCUT2D eigenvalue weighted by molar-refractivity contribution is -0.0968. The zero-order valence-electron chi connectivity index (χ0n) is 18.1. The Morgan fingerprint density at radius 3 is 2.75 bits per heavy atom. The summed E-state index contributed by atoms with van der Waals surface area (Å²) in [7, 11) is 2.12. The van der Waals surface area contributed by atoms with Crippen LogP contribution in [0.5, 0.6) is 0 Å². The lowest BCUT2D eigenvalue weighted by atomic mass is 9.93. The lowest BCUT2D eigenvalue weighted by Crippen LogP contribution is -2.43. The summed E-state index contributed by atoms with van der Waals surface area (Å²) in [4.78, 5) is 18.6. The molecular formula is C21H29N5O6. The van der Waals surface area contributed by atoms with Crippen LogP contribution in [0.1, 0.15) is 38.3 Å². The van der Waals surface area contributed by atoms with Crippen LogP contribution in [-0.4, -0.2) is 86.0 Å². The summed E-state index contributed by atoms with van der Waals surface area (Å²) < 4.78 is 18.3. The highest BCUT2D eigenvalue weighted by molar-refractivity contribution is 5.65. The van der Waals surface area contributed by atoms with Gasteiger partial charge in [-0.3, -0.25) is 0 Å². The van der Waals surface area contributed by atoms with E-state index < -0.39 is 30.1 Å². The molecule has 2 aromatic heterocycles. The number of hydrogen-bond donors (Lipinski definition) is 3. The third-order valence-electron chi connectivity index (χ3n) is 7.34. The van der Waals surface area contributed by atoms with Gasteiger partial charge in [-0.1, -0.05) is 0 Å². The maximum Gasteiger partial charge on any atom is 0.508 e. The summed E-state index contributed by atoms with van der Waals surface area (Å²) in [6.07, 6.45) is 0.730. The van der Waals surface area contributed by atoms with Crippen molar-refractivity contribution < 1.29 is 29.2 Å². The first-order valence-electron chi connectivity index (χ1n) is 11.0. The number of nitrogen functional groups attached to an aromatic ring is 1. The van der Waals surface area contributed by atoms with Gasteiger partial charge in [0.05, 0.1) is 5.69 Å². The van der Waals surface area contributed by atoms with E-state index in [2.05, 4.69) is 22.0 Å². The second-order valence-electron chi connectivity index (χ2n) is 9.18. The predicted molar refractivity (Wildman–Crippen MR) is 112 cm³/mol. The van der Waals surface area contributed by atoms with Crippen molar-refractivity contribution in [3.63, 3.8) is 0 Å². The minimum Gasteiger partial charge on any atom is -0.431 e. The molecule has 3 aliphatic heterocycles. The van der Waals surface area contributed by atoms with E-state index in [4.69, 9.17) is 19.9 Å². The number of piperidine rings is 1. The normalized spacial score (nSPS) is 37.1. The summed E-state index contributed by atoms with van der Waals surface area (Å²) in [6.45, 7) is 1.40. The number of fused-ring (bicyclic) bond motifs is 3. The van der Waals surface area contributed by atoms with Crippen molar-refractivity contribution in [3.8, 4) is 0 Å². The summed E-state index contributed by atoms with van der Waals surface area (Å²) in [5.41, 5.74) is 5.65. The van der Waals surface area contributed by atoms with Crippen LogP contribution in [0.15, 0.2) is 18.5 Å². The van der Waals surface area contributed by atoms with Crippen LogP contribution in [0.3, 0.4) is 0 Å². The molecule has 3 saturated heterocycles. The molecule has 4 N–H and O–H groups in total. The van der Waals surface area contributed by atoms with E-state index in [1.807, 2.05) is 0 Å². The minimum atomic E-state index is -1.29. The first kappa shape index (κ1) is 21.4. The van der Waals surface area contributed by atoms with E-state index in [0.29, 0.717) is 23.3 Å². The predicted octanol–water partition coefficient (Wildman–Crippen LogP) is 0.426. The van der Waals surface area contributed by atoms with Gasteiger partial charge in [0.2, 0.25) is 0 Å². The van der Waals surface area contributed by atoms with Gasteiger partial charge in [0.25, 0.3) is 0 Å². The maximum absolute atomic E-state index is 12.3. The zero-order valence-corrected chi connectivity index (χ0v) is 18.1. The van der Waals surface area contributed by atoms with Gasteiger partial charge in [0, 0.05) is 24.9 Å². The number of carbonyl (C=O) groups excluding carboxylic acids is 1. The Morgan fingerprint density at radius 1 is 1.31 bits per heavy atom. The van der Waals surface area contributed by atoms with Crippen molar-refractivity contribution >= 4 is 17.5 Å². The van der Waals surface area contributed by atoms with Crippen LogP contribution in [0.2, 0.25) is 0 Å². The number of nitrogens with two attached hydrogens (primary N) is 1. The molecule has 2 bridgehead atoms. The minimum absolute atomic E-state index is 0.168. The summed E-state index contributed by atoms with van der Waals surface area (Å²) in [5, 5.41) is 25.5.